The molecule has 0 unspecified atom stereocenters. The van der Waals surface area contributed by atoms with Gasteiger partial charge in [0.25, 0.3) is 0 Å². The first-order chi connectivity index (χ1) is 11.9. The van der Waals surface area contributed by atoms with Crippen LogP contribution in [0.4, 0.5) is 5.82 Å². The van der Waals surface area contributed by atoms with Crippen LogP contribution in [0, 0.1) is 6.92 Å². The van der Waals surface area contributed by atoms with Crippen molar-refractivity contribution in [2.75, 3.05) is 25.5 Å². The summed E-state index contributed by atoms with van der Waals surface area (Å²) in [6.45, 7) is 5.69. The van der Waals surface area contributed by atoms with Crippen LogP contribution in [-0.2, 0) is 4.79 Å². The fourth-order valence-corrected chi connectivity index (χ4v) is 2.81. The van der Waals surface area contributed by atoms with Gasteiger partial charge in [0, 0.05) is 25.2 Å². The van der Waals surface area contributed by atoms with Crippen molar-refractivity contribution in [1.29, 1.82) is 0 Å². The van der Waals surface area contributed by atoms with E-state index in [-0.39, 0.29) is 5.91 Å². The van der Waals surface area contributed by atoms with Gasteiger partial charge in [-0.15, -0.1) is 0 Å². The summed E-state index contributed by atoms with van der Waals surface area (Å²) in [5, 5.41) is 8.06. The summed E-state index contributed by atoms with van der Waals surface area (Å²) in [6, 6.07) is 3.38. The minimum absolute atomic E-state index is 0.0745. The van der Waals surface area contributed by atoms with Crippen LogP contribution in [0.5, 0.6) is 0 Å². The number of rotatable bonds is 8. The second kappa shape index (κ2) is 9.17. The summed E-state index contributed by atoms with van der Waals surface area (Å²) < 4.78 is 1.52. The molecule has 2 aromatic rings. The molecule has 136 valence electrons. The summed E-state index contributed by atoms with van der Waals surface area (Å²) in [7, 11) is 2.02. The number of nitrogens with one attached hydrogen (secondary N) is 1. The minimum atomic E-state index is -0.0745. The third-order valence-electron chi connectivity index (χ3n) is 3.70. The molecule has 2 aromatic heterocycles. The van der Waals surface area contributed by atoms with Crippen LogP contribution in [0.2, 0.25) is 10.0 Å². The highest BCUT2D eigenvalue weighted by molar-refractivity contribution is 6.35. The van der Waals surface area contributed by atoms with Crippen molar-refractivity contribution in [3.8, 4) is 5.82 Å². The van der Waals surface area contributed by atoms with Crippen molar-refractivity contribution in [2.24, 2.45) is 0 Å². The Bertz CT molecular complexity index is 732. The molecule has 25 heavy (non-hydrogen) atoms. The number of carbonyl (C=O) groups excluding carboxylic acids is 1. The average molecular weight is 384 g/mol. The van der Waals surface area contributed by atoms with Crippen LogP contribution in [0.3, 0.4) is 0 Å². The summed E-state index contributed by atoms with van der Waals surface area (Å²) in [5.74, 6) is 0.888. The molecule has 0 radical (unpaired) electrons. The molecule has 0 fully saturated rings. The minimum Gasteiger partial charge on any atom is -0.310 e. The second-order valence-electron chi connectivity index (χ2n) is 6.00. The van der Waals surface area contributed by atoms with Crippen molar-refractivity contribution in [3.05, 3.63) is 34.1 Å². The zero-order valence-electron chi connectivity index (χ0n) is 14.7. The van der Waals surface area contributed by atoms with Gasteiger partial charge in [-0.1, -0.05) is 36.5 Å². The van der Waals surface area contributed by atoms with Gasteiger partial charge in [-0.25, -0.2) is 4.98 Å². The summed E-state index contributed by atoms with van der Waals surface area (Å²) in [4.78, 5) is 18.6. The number of anilines is 1. The number of unbranched alkanes of at least 4 members (excludes halogenated alkanes) is 1. The lowest BCUT2D eigenvalue weighted by Crippen LogP contribution is -2.25. The van der Waals surface area contributed by atoms with Crippen molar-refractivity contribution < 1.29 is 4.79 Å². The van der Waals surface area contributed by atoms with Gasteiger partial charge in [-0.2, -0.15) is 9.78 Å². The lowest BCUT2D eigenvalue weighted by molar-refractivity contribution is -0.116. The van der Waals surface area contributed by atoms with Gasteiger partial charge in [0.15, 0.2) is 5.82 Å². The number of carbonyl (C=O) groups is 1. The quantitative estimate of drug-likeness (QED) is 0.749. The monoisotopic (exact) mass is 383 g/mol. The Hall–Kier alpha value is -1.63. The zero-order valence-corrected chi connectivity index (χ0v) is 16.2. The first-order valence-corrected chi connectivity index (χ1v) is 9.02. The van der Waals surface area contributed by atoms with E-state index in [1.165, 1.54) is 10.9 Å². The Balaban J connectivity index is 2.06. The molecule has 0 aliphatic rings. The van der Waals surface area contributed by atoms with Crippen LogP contribution in [0.1, 0.15) is 31.9 Å². The van der Waals surface area contributed by atoms with Crippen LogP contribution in [-0.4, -0.2) is 45.7 Å². The summed E-state index contributed by atoms with van der Waals surface area (Å²) in [6.07, 6.45) is 4.18. The van der Waals surface area contributed by atoms with Crippen LogP contribution < -0.4 is 5.32 Å². The maximum atomic E-state index is 12.3. The van der Waals surface area contributed by atoms with Gasteiger partial charge in [0.1, 0.15) is 5.82 Å². The van der Waals surface area contributed by atoms with Crippen LogP contribution in [0.25, 0.3) is 5.82 Å². The third-order valence-corrected chi connectivity index (χ3v) is 4.19. The first-order valence-electron chi connectivity index (χ1n) is 8.27. The first kappa shape index (κ1) is 19.7. The maximum Gasteiger partial charge on any atom is 0.226 e. The third kappa shape index (κ3) is 5.70. The molecule has 1 amide bonds. The second-order valence-corrected chi connectivity index (χ2v) is 6.84. The molecule has 6 nitrogen and oxygen atoms in total. The van der Waals surface area contributed by atoms with E-state index in [1.807, 2.05) is 14.0 Å². The van der Waals surface area contributed by atoms with E-state index in [2.05, 4.69) is 27.2 Å². The Labute approximate surface area is 158 Å². The molecular weight excluding hydrogens is 361 g/mol. The van der Waals surface area contributed by atoms with E-state index in [4.69, 9.17) is 23.2 Å². The molecule has 0 bridgehead atoms. The average Bonchev–Trinajstić information content (AvgIpc) is 2.91. The van der Waals surface area contributed by atoms with Crippen LogP contribution in [0.15, 0.2) is 18.3 Å². The molecule has 1 N–H and O–H groups in total. The van der Waals surface area contributed by atoms with Crippen LogP contribution >= 0.6 is 23.2 Å². The molecule has 0 aliphatic carbocycles. The van der Waals surface area contributed by atoms with E-state index in [0.717, 1.165) is 25.1 Å². The number of hydrogen-bond acceptors (Lipinski definition) is 4. The van der Waals surface area contributed by atoms with Crippen molar-refractivity contribution in [3.63, 3.8) is 0 Å². The van der Waals surface area contributed by atoms with Crippen molar-refractivity contribution in [2.45, 2.75) is 33.1 Å². The van der Waals surface area contributed by atoms with Gasteiger partial charge in [0.05, 0.1) is 15.7 Å². The van der Waals surface area contributed by atoms with E-state index in [9.17, 15) is 4.79 Å². The topological polar surface area (TPSA) is 63.1 Å². The number of aromatic nitrogens is 3. The largest absolute Gasteiger partial charge is 0.310 e. The van der Waals surface area contributed by atoms with E-state index in [0.29, 0.717) is 34.6 Å². The lowest BCUT2D eigenvalue weighted by atomic mass is 10.3. The molecule has 2 rings (SSSR count). The lowest BCUT2D eigenvalue weighted by Gasteiger charge is -2.15. The van der Waals surface area contributed by atoms with Crippen molar-refractivity contribution in [1.82, 2.24) is 19.7 Å². The van der Waals surface area contributed by atoms with Crippen molar-refractivity contribution >= 4 is 34.9 Å². The van der Waals surface area contributed by atoms with Gasteiger partial charge in [-0.3, -0.25) is 4.79 Å². The summed E-state index contributed by atoms with van der Waals surface area (Å²) in [5.41, 5.74) is 0.753. The highest BCUT2D eigenvalue weighted by Gasteiger charge is 2.15. The molecule has 8 heteroatoms. The zero-order chi connectivity index (χ0) is 18.4. The molecule has 0 saturated carbocycles. The fraction of sp³-hybridized carbons (Fsp3) is 0.471. The summed E-state index contributed by atoms with van der Waals surface area (Å²) >= 11 is 12.1. The van der Waals surface area contributed by atoms with E-state index in [1.54, 1.807) is 12.1 Å². The fourth-order valence-electron chi connectivity index (χ4n) is 2.35. The molecule has 0 saturated heterocycles. The number of hydrogen-bond donors (Lipinski definition) is 1. The molecule has 2 heterocycles. The Morgan fingerprint density at radius 2 is 2.08 bits per heavy atom. The van der Waals surface area contributed by atoms with Gasteiger partial charge < -0.3 is 10.2 Å². The molecule has 0 aromatic carbocycles. The van der Waals surface area contributed by atoms with Gasteiger partial charge in [-0.05, 0) is 33.0 Å². The number of aryl methyl sites for hydroxylation is 1. The molecule has 0 atom stereocenters. The number of amides is 1. The number of pyridine rings is 1. The van der Waals surface area contributed by atoms with Gasteiger partial charge in [0.2, 0.25) is 5.91 Å². The Morgan fingerprint density at radius 1 is 1.32 bits per heavy atom. The van der Waals surface area contributed by atoms with E-state index < -0.39 is 0 Å². The standard InChI is InChI=1S/C17H23Cl2N5O/c1-4-5-7-23(3)8-6-16(25)21-15-9-12(2)22-24(15)17-14(19)10-13(18)11-20-17/h9-11H,4-8H2,1-3H3,(H,21,25). The Morgan fingerprint density at radius 3 is 2.76 bits per heavy atom. The number of nitrogens with zero attached hydrogens (tertiary/aromatic N) is 4. The maximum absolute atomic E-state index is 12.3. The predicted molar refractivity (Wildman–Crippen MR) is 102 cm³/mol. The predicted octanol–water partition coefficient (Wildman–Crippen LogP) is 3.94. The molecular formula is C17H23Cl2N5O. The molecule has 0 spiro atoms. The molecule has 0 aliphatic heterocycles. The van der Waals surface area contributed by atoms with E-state index >= 15 is 0 Å². The smallest absolute Gasteiger partial charge is 0.226 e. The SMILES string of the molecule is CCCCN(C)CCC(=O)Nc1cc(C)nn1-c1ncc(Cl)cc1Cl. The highest BCUT2D eigenvalue weighted by atomic mass is 35.5. The Kier molecular flexibility index (Phi) is 7.23. The number of halogens is 2. The normalized spacial score (nSPS) is 11.1. The highest BCUT2D eigenvalue weighted by Crippen LogP contribution is 2.25. The van der Waals surface area contributed by atoms with Gasteiger partial charge >= 0.3 is 0 Å².